The predicted molar refractivity (Wildman–Crippen MR) is 155 cm³/mol. The van der Waals surface area contributed by atoms with Gasteiger partial charge < -0.3 is 14.5 Å². The van der Waals surface area contributed by atoms with Crippen molar-refractivity contribution in [1.29, 1.82) is 0 Å². The molecule has 2 aromatic rings. The van der Waals surface area contributed by atoms with E-state index in [1.54, 1.807) is 35.2 Å². The van der Waals surface area contributed by atoms with Crippen LogP contribution in [0.5, 0.6) is 5.75 Å². The number of hydrogen-bond donors (Lipinski definition) is 0. The SMILES string of the molecule is CCN(CC)C(=O)c1ccc(C2=CC3(CCN(C(=O)C(F)(F)F)CC3)Oc3ccc(N(S(C)(=O)=O)S(C)(=O)=O)cc32)cc1. The van der Waals surface area contributed by atoms with E-state index in [2.05, 4.69) is 0 Å². The molecule has 0 bridgehead atoms. The predicted octanol–water partition coefficient (Wildman–Crippen LogP) is 3.64. The zero-order valence-electron chi connectivity index (χ0n) is 24.0. The van der Waals surface area contributed by atoms with Crippen LogP contribution in [0.2, 0.25) is 0 Å². The average molecular weight is 644 g/mol. The number of benzene rings is 2. The molecule has 0 aromatic heterocycles. The summed E-state index contributed by atoms with van der Waals surface area (Å²) in [5.41, 5.74) is 0.599. The van der Waals surface area contributed by atoms with Crippen molar-refractivity contribution in [2.45, 2.75) is 38.5 Å². The number of rotatable bonds is 7. The summed E-state index contributed by atoms with van der Waals surface area (Å²) in [6.07, 6.45) is -1.69. The molecule has 2 aromatic carbocycles. The molecule has 0 saturated carbocycles. The maximum atomic E-state index is 13.1. The maximum Gasteiger partial charge on any atom is 0.471 e. The molecule has 15 heteroatoms. The fourth-order valence-electron chi connectivity index (χ4n) is 5.39. The van der Waals surface area contributed by atoms with E-state index in [9.17, 15) is 39.6 Å². The van der Waals surface area contributed by atoms with Crippen molar-refractivity contribution in [2.24, 2.45) is 0 Å². The first-order valence-corrected chi connectivity index (χ1v) is 17.1. The fourth-order valence-corrected chi connectivity index (χ4v) is 8.35. The van der Waals surface area contributed by atoms with Gasteiger partial charge >= 0.3 is 12.1 Å². The van der Waals surface area contributed by atoms with Crippen molar-refractivity contribution in [1.82, 2.24) is 9.80 Å². The number of amides is 2. The molecule has 10 nitrogen and oxygen atoms in total. The molecule has 2 aliphatic heterocycles. The van der Waals surface area contributed by atoms with Crippen LogP contribution in [-0.4, -0.2) is 88.9 Å². The minimum Gasteiger partial charge on any atom is -0.482 e. The van der Waals surface area contributed by atoms with Crippen molar-refractivity contribution in [3.63, 3.8) is 0 Å². The van der Waals surface area contributed by atoms with Crippen molar-refractivity contribution in [3.8, 4) is 5.75 Å². The van der Waals surface area contributed by atoms with Crippen LogP contribution >= 0.6 is 0 Å². The molecule has 2 amide bonds. The van der Waals surface area contributed by atoms with Crippen LogP contribution < -0.4 is 8.45 Å². The molecule has 4 rings (SSSR count). The smallest absolute Gasteiger partial charge is 0.471 e. The van der Waals surface area contributed by atoms with Gasteiger partial charge in [-0.15, -0.1) is 0 Å². The summed E-state index contributed by atoms with van der Waals surface area (Å²) in [6.45, 7) is 4.32. The van der Waals surface area contributed by atoms with Gasteiger partial charge in [0.2, 0.25) is 20.0 Å². The van der Waals surface area contributed by atoms with Gasteiger partial charge in [-0.05, 0) is 61.4 Å². The Morgan fingerprint density at radius 2 is 1.49 bits per heavy atom. The van der Waals surface area contributed by atoms with Crippen molar-refractivity contribution in [3.05, 3.63) is 65.2 Å². The molecule has 0 atom stereocenters. The van der Waals surface area contributed by atoms with Crippen molar-refractivity contribution in [2.75, 3.05) is 42.4 Å². The molecule has 234 valence electrons. The van der Waals surface area contributed by atoms with Gasteiger partial charge in [0.1, 0.15) is 11.4 Å². The summed E-state index contributed by atoms with van der Waals surface area (Å²) >= 11 is 0. The first kappa shape index (κ1) is 32.3. The number of piperidine rings is 1. The van der Waals surface area contributed by atoms with Gasteiger partial charge in [0.25, 0.3) is 5.91 Å². The van der Waals surface area contributed by atoms with Gasteiger partial charge in [0.05, 0.1) is 18.2 Å². The number of hydrogen-bond acceptors (Lipinski definition) is 7. The fraction of sp³-hybridized carbons (Fsp3) is 0.429. The van der Waals surface area contributed by atoms with Gasteiger partial charge in [-0.25, -0.2) is 16.8 Å². The topological polar surface area (TPSA) is 121 Å². The monoisotopic (exact) mass is 643 g/mol. The van der Waals surface area contributed by atoms with E-state index in [0.717, 1.165) is 17.4 Å². The van der Waals surface area contributed by atoms with Crippen LogP contribution in [0, 0.1) is 0 Å². The summed E-state index contributed by atoms with van der Waals surface area (Å²) in [5, 5.41) is 0. The van der Waals surface area contributed by atoms with Gasteiger partial charge in [-0.2, -0.15) is 16.9 Å². The second-order valence-electron chi connectivity index (χ2n) is 10.5. The Balaban J connectivity index is 1.81. The Kier molecular flexibility index (Phi) is 8.64. The van der Waals surface area contributed by atoms with Crippen LogP contribution in [0.1, 0.15) is 48.2 Å². The third kappa shape index (κ3) is 6.66. The zero-order chi connectivity index (χ0) is 32.0. The van der Waals surface area contributed by atoms with E-state index in [4.69, 9.17) is 4.74 Å². The van der Waals surface area contributed by atoms with Crippen LogP contribution in [0.4, 0.5) is 18.9 Å². The average Bonchev–Trinajstić information content (AvgIpc) is 2.91. The number of halogens is 3. The van der Waals surface area contributed by atoms with Gasteiger partial charge in [-0.1, -0.05) is 12.1 Å². The second-order valence-corrected chi connectivity index (χ2v) is 14.4. The molecule has 2 aliphatic rings. The molecular formula is C28H32F3N3O7S2. The lowest BCUT2D eigenvalue weighted by Gasteiger charge is -2.43. The highest BCUT2D eigenvalue weighted by atomic mass is 32.3. The Morgan fingerprint density at radius 3 is 1.98 bits per heavy atom. The number of alkyl halides is 3. The van der Waals surface area contributed by atoms with E-state index in [1.165, 1.54) is 18.2 Å². The van der Waals surface area contributed by atoms with Gasteiger partial charge in [-0.3, -0.25) is 9.59 Å². The lowest BCUT2D eigenvalue weighted by atomic mass is 9.82. The lowest BCUT2D eigenvalue weighted by Crippen LogP contribution is -2.52. The standard InChI is InChI=1S/C28H32F3N3O7S2/c1-5-32(6-2)25(35)20-9-7-19(8-10-20)23-18-27(13-15-33(16-14-27)26(36)28(29,30)31)41-24-12-11-21(17-22(23)24)34(42(3,37)38)43(4,39)40/h7-12,17-18H,5-6,13-16H2,1-4H3. The largest absolute Gasteiger partial charge is 0.482 e. The molecule has 1 spiro atoms. The first-order chi connectivity index (χ1) is 19.9. The van der Waals surface area contributed by atoms with Crippen molar-refractivity contribution >= 4 is 43.1 Å². The van der Waals surface area contributed by atoms with Gasteiger partial charge in [0, 0.05) is 50.1 Å². The first-order valence-electron chi connectivity index (χ1n) is 13.4. The molecule has 0 radical (unpaired) electrons. The summed E-state index contributed by atoms with van der Waals surface area (Å²) in [6, 6.07) is 10.7. The maximum absolute atomic E-state index is 13.1. The quantitative estimate of drug-likeness (QED) is 0.452. The number of carbonyl (C=O) groups is 2. The van der Waals surface area contributed by atoms with E-state index in [1.807, 2.05) is 13.8 Å². The Bertz CT molecular complexity index is 1630. The van der Waals surface area contributed by atoms with Crippen LogP contribution in [0.3, 0.4) is 0 Å². The number of sulfonamides is 2. The lowest BCUT2D eigenvalue weighted by molar-refractivity contribution is -0.187. The molecule has 1 saturated heterocycles. The number of fused-ring (bicyclic) bond motifs is 1. The van der Waals surface area contributed by atoms with Crippen molar-refractivity contribution < 1.29 is 44.3 Å². The Morgan fingerprint density at radius 1 is 0.930 bits per heavy atom. The summed E-state index contributed by atoms with van der Waals surface area (Å²) in [5.74, 6) is -1.85. The zero-order valence-corrected chi connectivity index (χ0v) is 25.6. The molecule has 2 heterocycles. The number of likely N-dealkylation sites (tertiary alicyclic amines) is 1. The molecule has 43 heavy (non-hydrogen) atoms. The molecule has 0 N–H and O–H groups in total. The highest BCUT2D eigenvalue weighted by Crippen LogP contribution is 2.45. The molecule has 0 aliphatic carbocycles. The summed E-state index contributed by atoms with van der Waals surface area (Å²) < 4.78 is 95.6. The van der Waals surface area contributed by atoms with Gasteiger partial charge in [0.15, 0.2) is 0 Å². The summed E-state index contributed by atoms with van der Waals surface area (Å²) in [4.78, 5) is 27.1. The Hall–Kier alpha value is -3.59. The molecular weight excluding hydrogens is 611 g/mol. The minimum absolute atomic E-state index is 0.0385. The van der Waals surface area contributed by atoms with E-state index in [0.29, 0.717) is 39.1 Å². The van der Waals surface area contributed by atoms with E-state index in [-0.39, 0.29) is 43.3 Å². The molecule has 0 unspecified atom stereocenters. The third-order valence-electron chi connectivity index (χ3n) is 7.42. The second kappa shape index (κ2) is 11.5. The highest BCUT2D eigenvalue weighted by Gasteiger charge is 2.47. The van der Waals surface area contributed by atoms with Crippen LogP contribution in [0.15, 0.2) is 48.5 Å². The highest BCUT2D eigenvalue weighted by molar-refractivity contribution is 8.09. The van der Waals surface area contributed by atoms with Crippen LogP contribution in [-0.2, 0) is 24.8 Å². The number of ether oxygens (including phenoxy) is 1. The normalized spacial score (nSPS) is 16.6. The number of carbonyl (C=O) groups excluding carboxylic acids is 2. The minimum atomic E-state index is -5.00. The van der Waals surface area contributed by atoms with E-state index < -0.39 is 37.7 Å². The van der Waals surface area contributed by atoms with Crippen LogP contribution in [0.25, 0.3) is 5.57 Å². The number of nitrogens with zero attached hydrogens (tertiary/aromatic N) is 3. The summed E-state index contributed by atoms with van der Waals surface area (Å²) in [7, 11) is -8.51. The number of anilines is 1. The van der Waals surface area contributed by atoms with E-state index >= 15 is 0 Å². The molecule has 1 fully saturated rings. The Labute approximate surface area is 248 Å². The third-order valence-corrected chi connectivity index (χ3v) is 10.7.